The maximum absolute atomic E-state index is 12.4. The Morgan fingerprint density at radius 2 is 2.10 bits per heavy atom. The number of halogens is 1. The first kappa shape index (κ1) is 13.5. The summed E-state index contributed by atoms with van der Waals surface area (Å²) in [4.78, 5) is 13.6. The zero-order valence-electron chi connectivity index (χ0n) is 10.8. The van der Waals surface area contributed by atoms with E-state index in [1.165, 1.54) is 4.90 Å². The molecule has 1 aliphatic heterocycles. The van der Waals surface area contributed by atoms with Crippen molar-refractivity contribution < 1.29 is 4.79 Å². The molecule has 20 heavy (non-hydrogen) atoms. The van der Waals surface area contributed by atoms with Crippen LogP contribution in [-0.2, 0) is 10.7 Å². The van der Waals surface area contributed by atoms with E-state index < -0.39 is 0 Å². The highest BCUT2D eigenvalue weighted by Crippen LogP contribution is 2.39. The Labute approximate surface area is 127 Å². The minimum atomic E-state index is -0.0733. The lowest BCUT2D eigenvalue weighted by molar-refractivity contribution is -0.117. The van der Waals surface area contributed by atoms with Crippen molar-refractivity contribution in [2.45, 2.75) is 16.7 Å². The Morgan fingerprint density at radius 1 is 1.25 bits per heavy atom. The van der Waals surface area contributed by atoms with Crippen LogP contribution in [0.25, 0.3) is 0 Å². The van der Waals surface area contributed by atoms with Crippen LogP contribution in [0.4, 0.5) is 5.69 Å². The van der Waals surface area contributed by atoms with Gasteiger partial charge in [0.15, 0.2) is 0 Å². The number of carbonyl (C=O) groups is 1. The molecule has 102 valence electrons. The Hall–Kier alpha value is -1.45. The lowest BCUT2D eigenvalue weighted by atomic mass is 10.0. The van der Waals surface area contributed by atoms with Crippen LogP contribution in [0.1, 0.15) is 17.0 Å². The smallest absolute Gasteiger partial charge is 0.232 e. The highest BCUT2D eigenvalue weighted by atomic mass is 35.5. The maximum Gasteiger partial charge on any atom is 0.232 e. The van der Waals surface area contributed by atoms with Crippen molar-refractivity contribution in [3.63, 3.8) is 0 Å². The molecule has 2 aromatic rings. The summed E-state index contributed by atoms with van der Waals surface area (Å²) in [5, 5.41) is 2.99. The third-order valence-corrected chi connectivity index (χ3v) is 4.86. The van der Waals surface area contributed by atoms with Crippen molar-refractivity contribution in [3.05, 3.63) is 59.7 Å². The molecule has 1 amide bonds. The number of anilines is 1. The average Bonchev–Trinajstić information content (AvgIpc) is 2.91. The molecule has 0 radical (unpaired) electrons. The maximum atomic E-state index is 12.4. The first-order valence-electron chi connectivity index (χ1n) is 6.45. The monoisotopic (exact) mass is 303 g/mol. The molecule has 0 saturated carbocycles. The van der Waals surface area contributed by atoms with Crippen LogP contribution in [0.5, 0.6) is 0 Å². The summed E-state index contributed by atoms with van der Waals surface area (Å²) in [6.45, 7) is 0. The summed E-state index contributed by atoms with van der Waals surface area (Å²) >= 11 is 7.55. The fourth-order valence-electron chi connectivity index (χ4n) is 2.34. The van der Waals surface area contributed by atoms with Gasteiger partial charge in [-0.2, -0.15) is 0 Å². The average molecular weight is 304 g/mol. The van der Waals surface area contributed by atoms with Gasteiger partial charge in [0.25, 0.3) is 0 Å². The second-order valence-corrected chi connectivity index (χ2v) is 6.05. The molecular formula is C16H14ClNOS. The van der Waals surface area contributed by atoms with Gasteiger partial charge >= 0.3 is 0 Å². The van der Waals surface area contributed by atoms with Gasteiger partial charge in [0.2, 0.25) is 5.91 Å². The lowest BCUT2D eigenvalue weighted by Gasteiger charge is -2.12. The van der Waals surface area contributed by atoms with E-state index in [0.29, 0.717) is 5.88 Å². The third-order valence-electron chi connectivity index (χ3n) is 3.37. The summed E-state index contributed by atoms with van der Waals surface area (Å²) in [5.74, 6) is 1.23. The van der Waals surface area contributed by atoms with Crippen molar-refractivity contribution in [3.8, 4) is 0 Å². The highest BCUT2D eigenvalue weighted by Gasteiger charge is 2.28. The fraction of sp³-hybridized carbons (Fsp3) is 0.188. The number of amides is 1. The molecule has 3 rings (SSSR count). The third kappa shape index (κ3) is 2.69. The van der Waals surface area contributed by atoms with Gasteiger partial charge in [0.1, 0.15) is 0 Å². The number of benzene rings is 2. The number of carbonyl (C=O) groups excluding carboxylic acids is 1. The van der Waals surface area contributed by atoms with Crippen LogP contribution < -0.4 is 5.32 Å². The Morgan fingerprint density at radius 3 is 2.95 bits per heavy atom. The van der Waals surface area contributed by atoms with Gasteiger partial charge < -0.3 is 5.32 Å². The minimum absolute atomic E-state index is 0.0502. The summed E-state index contributed by atoms with van der Waals surface area (Å²) in [7, 11) is 0. The zero-order chi connectivity index (χ0) is 13.9. The normalized spacial score (nSPS) is 16.8. The van der Waals surface area contributed by atoms with E-state index in [4.69, 9.17) is 11.6 Å². The number of fused-ring (bicyclic) bond motifs is 1. The minimum Gasteiger partial charge on any atom is -0.326 e. The van der Waals surface area contributed by atoms with Crippen LogP contribution >= 0.6 is 23.4 Å². The lowest BCUT2D eigenvalue weighted by Crippen LogP contribution is -2.21. The van der Waals surface area contributed by atoms with Crippen molar-refractivity contribution in [2.75, 3.05) is 11.1 Å². The number of hydrogen-bond acceptors (Lipinski definition) is 2. The molecule has 4 heteroatoms. The van der Waals surface area contributed by atoms with Crippen LogP contribution in [0.3, 0.4) is 0 Å². The Bertz CT molecular complexity index is 644. The van der Waals surface area contributed by atoms with Gasteiger partial charge in [-0.1, -0.05) is 30.3 Å². The summed E-state index contributed by atoms with van der Waals surface area (Å²) in [6.07, 6.45) is 0. The van der Waals surface area contributed by atoms with E-state index in [9.17, 15) is 4.79 Å². The van der Waals surface area contributed by atoms with Gasteiger partial charge in [-0.15, -0.1) is 23.4 Å². The molecule has 0 bridgehead atoms. The SMILES string of the molecule is O=C(Nc1cccc(CCl)c1)C1CSc2ccccc21. The molecule has 0 saturated heterocycles. The van der Waals surface area contributed by atoms with Gasteiger partial charge in [-0.05, 0) is 29.3 Å². The molecule has 0 aliphatic carbocycles. The number of nitrogens with one attached hydrogen (secondary N) is 1. The van der Waals surface area contributed by atoms with Crippen LogP contribution in [0, 0.1) is 0 Å². The van der Waals surface area contributed by atoms with Crippen molar-refractivity contribution in [2.24, 2.45) is 0 Å². The predicted molar refractivity (Wildman–Crippen MR) is 84.5 cm³/mol. The first-order valence-corrected chi connectivity index (χ1v) is 7.97. The van der Waals surface area contributed by atoms with Gasteiger partial charge in [0, 0.05) is 22.2 Å². The summed E-state index contributed by atoms with van der Waals surface area (Å²) in [6, 6.07) is 15.8. The van der Waals surface area contributed by atoms with Gasteiger partial charge in [-0.3, -0.25) is 4.79 Å². The van der Waals surface area contributed by atoms with Crippen LogP contribution in [-0.4, -0.2) is 11.7 Å². The van der Waals surface area contributed by atoms with E-state index in [1.54, 1.807) is 11.8 Å². The van der Waals surface area contributed by atoms with Crippen LogP contribution in [0.2, 0.25) is 0 Å². The molecule has 1 heterocycles. The molecule has 1 N–H and O–H groups in total. The molecule has 1 unspecified atom stereocenters. The number of thioether (sulfide) groups is 1. The Balaban J connectivity index is 1.77. The van der Waals surface area contributed by atoms with Crippen molar-refractivity contribution in [1.82, 2.24) is 0 Å². The van der Waals surface area contributed by atoms with E-state index in [1.807, 2.05) is 42.5 Å². The second-order valence-electron chi connectivity index (χ2n) is 4.72. The summed E-state index contributed by atoms with van der Waals surface area (Å²) < 4.78 is 0. The van der Waals surface area contributed by atoms with E-state index in [2.05, 4.69) is 11.4 Å². The van der Waals surface area contributed by atoms with E-state index >= 15 is 0 Å². The first-order chi connectivity index (χ1) is 9.78. The molecule has 0 fully saturated rings. The number of hydrogen-bond donors (Lipinski definition) is 1. The largest absolute Gasteiger partial charge is 0.326 e. The highest BCUT2D eigenvalue weighted by molar-refractivity contribution is 7.99. The summed E-state index contributed by atoms with van der Waals surface area (Å²) in [5.41, 5.74) is 2.94. The van der Waals surface area contributed by atoms with Crippen LogP contribution in [0.15, 0.2) is 53.4 Å². The van der Waals surface area contributed by atoms with Crippen molar-refractivity contribution >= 4 is 35.0 Å². The molecule has 0 aromatic heterocycles. The van der Waals surface area contributed by atoms with Gasteiger partial charge in [-0.25, -0.2) is 0 Å². The Kier molecular flexibility index (Phi) is 3.99. The quantitative estimate of drug-likeness (QED) is 0.859. The molecule has 2 nitrogen and oxygen atoms in total. The number of alkyl halides is 1. The van der Waals surface area contributed by atoms with Crippen molar-refractivity contribution in [1.29, 1.82) is 0 Å². The van der Waals surface area contributed by atoms with E-state index in [0.717, 1.165) is 22.6 Å². The zero-order valence-corrected chi connectivity index (χ0v) is 12.4. The van der Waals surface area contributed by atoms with Gasteiger partial charge in [0.05, 0.1) is 5.92 Å². The second kappa shape index (κ2) is 5.90. The standard InChI is InChI=1S/C16H14ClNOS/c17-9-11-4-3-5-12(8-11)18-16(19)14-10-20-15-7-2-1-6-13(14)15/h1-8,14H,9-10H2,(H,18,19). The van der Waals surface area contributed by atoms with E-state index in [-0.39, 0.29) is 11.8 Å². The topological polar surface area (TPSA) is 29.1 Å². The molecular weight excluding hydrogens is 290 g/mol. The molecule has 0 spiro atoms. The molecule has 2 aromatic carbocycles. The fourth-order valence-corrected chi connectivity index (χ4v) is 3.74. The molecule has 1 atom stereocenters. The number of rotatable bonds is 3. The molecule has 1 aliphatic rings. The predicted octanol–water partition coefficient (Wildman–Crippen LogP) is 4.25.